The summed E-state index contributed by atoms with van der Waals surface area (Å²) in [6.07, 6.45) is 4.12. The number of halogens is 3. The highest BCUT2D eigenvalue weighted by atomic mass is 79.9. The zero-order valence-corrected chi connectivity index (χ0v) is 21.6. The Labute approximate surface area is 211 Å². The molecule has 2 aromatic carbocycles. The molecule has 162 valence electrons. The molecule has 4 aromatic rings. The third-order valence-corrected chi connectivity index (χ3v) is 8.20. The lowest BCUT2D eigenvalue weighted by atomic mass is 9.87. The van der Waals surface area contributed by atoms with Crippen molar-refractivity contribution in [2.24, 2.45) is 0 Å². The van der Waals surface area contributed by atoms with Crippen LogP contribution in [-0.4, -0.2) is 10.9 Å². The minimum atomic E-state index is -0.230. The van der Waals surface area contributed by atoms with Gasteiger partial charge in [-0.1, -0.05) is 39.7 Å². The Bertz CT molecular complexity index is 1370. The summed E-state index contributed by atoms with van der Waals surface area (Å²) in [4.78, 5) is 19.4. The molecule has 0 unspecified atom stereocenters. The van der Waals surface area contributed by atoms with Crippen LogP contribution in [0.5, 0.6) is 0 Å². The highest BCUT2D eigenvalue weighted by Gasteiger charge is 2.26. The highest BCUT2D eigenvalue weighted by Crippen LogP contribution is 2.42. The van der Waals surface area contributed by atoms with E-state index < -0.39 is 0 Å². The van der Waals surface area contributed by atoms with Gasteiger partial charge in [0.1, 0.15) is 9.71 Å². The summed E-state index contributed by atoms with van der Waals surface area (Å²) in [7, 11) is 0. The maximum atomic E-state index is 13.1. The third kappa shape index (κ3) is 3.96. The maximum Gasteiger partial charge on any atom is 0.267 e. The number of anilines is 2. The fourth-order valence-electron chi connectivity index (χ4n) is 4.20. The van der Waals surface area contributed by atoms with E-state index in [-0.39, 0.29) is 5.91 Å². The van der Waals surface area contributed by atoms with Crippen LogP contribution in [0.25, 0.3) is 21.5 Å². The zero-order chi connectivity index (χ0) is 22.4. The standard InChI is InChI=1S/C24H18Br2ClN3OS/c25-13-7-10-18(17(26)11-13)29-23(31)22-20(28)19-15-3-1-2-4-16(15)21(30-24(19)32-22)12-5-8-14(27)9-6-12/h5-11H,1-4,28H2,(H,29,31). The number of hydrogen-bond donors (Lipinski definition) is 2. The molecule has 2 heterocycles. The first kappa shape index (κ1) is 21.9. The van der Waals surface area contributed by atoms with Crippen molar-refractivity contribution in [1.82, 2.24) is 4.98 Å². The number of nitrogen functional groups attached to an aromatic ring is 1. The average Bonchev–Trinajstić information content (AvgIpc) is 3.12. The van der Waals surface area contributed by atoms with Crippen LogP contribution in [-0.2, 0) is 12.8 Å². The molecule has 0 atom stereocenters. The Morgan fingerprint density at radius 3 is 2.50 bits per heavy atom. The van der Waals surface area contributed by atoms with Crippen molar-refractivity contribution < 1.29 is 4.79 Å². The Morgan fingerprint density at radius 2 is 1.78 bits per heavy atom. The summed E-state index contributed by atoms with van der Waals surface area (Å²) in [6.45, 7) is 0. The molecule has 8 heteroatoms. The molecule has 1 aliphatic rings. The van der Waals surface area contributed by atoms with Gasteiger partial charge in [-0.05, 0) is 83.1 Å². The molecule has 0 saturated heterocycles. The van der Waals surface area contributed by atoms with Crippen LogP contribution in [0.1, 0.15) is 33.6 Å². The lowest BCUT2D eigenvalue weighted by Gasteiger charge is -2.20. The van der Waals surface area contributed by atoms with E-state index in [1.54, 1.807) is 0 Å². The van der Waals surface area contributed by atoms with Crippen LogP contribution in [0.4, 0.5) is 11.4 Å². The van der Waals surface area contributed by atoms with Gasteiger partial charge in [-0.3, -0.25) is 4.79 Å². The second-order valence-electron chi connectivity index (χ2n) is 7.73. The van der Waals surface area contributed by atoms with Crippen LogP contribution in [0.2, 0.25) is 5.02 Å². The Balaban J connectivity index is 1.62. The van der Waals surface area contributed by atoms with Gasteiger partial charge < -0.3 is 11.1 Å². The number of amides is 1. The maximum absolute atomic E-state index is 13.1. The molecule has 0 aliphatic heterocycles. The first-order valence-electron chi connectivity index (χ1n) is 10.2. The zero-order valence-electron chi connectivity index (χ0n) is 16.8. The number of pyridine rings is 1. The molecule has 5 rings (SSSR count). The number of thiophene rings is 1. The van der Waals surface area contributed by atoms with E-state index in [4.69, 9.17) is 22.3 Å². The summed E-state index contributed by atoms with van der Waals surface area (Å²) < 4.78 is 1.72. The molecule has 1 amide bonds. The third-order valence-electron chi connectivity index (χ3n) is 5.70. The molecule has 0 radical (unpaired) electrons. The molecule has 0 saturated carbocycles. The van der Waals surface area contributed by atoms with Crippen LogP contribution < -0.4 is 11.1 Å². The number of aryl methyl sites for hydroxylation is 1. The second kappa shape index (κ2) is 8.78. The summed E-state index contributed by atoms with van der Waals surface area (Å²) >= 11 is 14.4. The van der Waals surface area contributed by atoms with Crippen molar-refractivity contribution in [2.45, 2.75) is 25.7 Å². The minimum absolute atomic E-state index is 0.230. The lowest BCUT2D eigenvalue weighted by Crippen LogP contribution is -2.12. The van der Waals surface area contributed by atoms with Gasteiger partial charge in [0.15, 0.2) is 0 Å². The number of carbonyl (C=O) groups excluding carboxylic acids is 1. The van der Waals surface area contributed by atoms with Crippen LogP contribution in [0.15, 0.2) is 51.4 Å². The van der Waals surface area contributed by atoms with Gasteiger partial charge in [0.2, 0.25) is 0 Å². The van der Waals surface area contributed by atoms with Crippen molar-refractivity contribution in [3.05, 3.63) is 72.4 Å². The lowest BCUT2D eigenvalue weighted by molar-refractivity contribution is 0.103. The van der Waals surface area contributed by atoms with E-state index in [1.165, 1.54) is 22.5 Å². The molecule has 0 spiro atoms. The number of hydrogen-bond acceptors (Lipinski definition) is 4. The quantitative estimate of drug-likeness (QED) is 0.255. The van der Waals surface area contributed by atoms with Gasteiger partial charge in [-0.15, -0.1) is 11.3 Å². The number of fused-ring (bicyclic) bond motifs is 3. The van der Waals surface area contributed by atoms with Crippen molar-refractivity contribution in [1.29, 1.82) is 0 Å². The Hall–Kier alpha value is -1.93. The Morgan fingerprint density at radius 1 is 1.06 bits per heavy atom. The molecular formula is C24H18Br2ClN3OS. The van der Waals surface area contributed by atoms with Crippen molar-refractivity contribution in [3.63, 3.8) is 0 Å². The monoisotopic (exact) mass is 589 g/mol. The molecule has 0 fully saturated rings. The van der Waals surface area contributed by atoms with Gasteiger partial charge in [0.05, 0.1) is 17.1 Å². The fourth-order valence-corrected chi connectivity index (χ4v) is 6.49. The molecule has 1 aliphatic carbocycles. The first-order valence-corrected chi connectivity index (χ1v) is 13.0. The van der Waals surface area contributed by atoms with Crippen LogP contribution in [0.3, 0.4) is 0 Å². The van der Waals surface area contributed by atoms with E-state index >= 15 is 0 Å². The molecule has 32 heavy (non-hydrogen) atoms. The molecular weight excluding hydrogens is 574 g/mol. The van der Waals surface area contributed by atoms with E-state index in [0.29, 0.717) is 21.3 Å². The number of nitrogens with one attached hydrogen (secondary N) is 1. The summed E-state index contributed by atoms with van der Waals surface area (Å²) in [6, 6.07) is 13.4. The van der Waals surface area contributed by atoms with Crippen molar-refractivity contribution in [3.8, 4) is 11.3 Å². The topological polar surface area (TPSA) is 68.0 Å². The molecule has 4 nitrogen and oxygen atoms in total. The summed E-state index contributed by atoms with van der Waals surface area (Å²) in [5, 5.41) is 4.60. The average molecular weight is 592 g/mol. The summed E-state index contributed by atoms with van der Waals surface area (Å²) in [5.74, 6) is -0.230. The van der Waals surface area contributed by atoms with E-state index in [2.05, 4.69) is 37.2 Å². The van der Waals surface area contributed by atoms with Crippen LogP contribution in [0, 0.1) is 0 Å². The van der Waals surface area contributed by atoms with E-state index in [9.17, 15) is 4.79 Å². The minimum Gasteiger partial charge on any atom is -0.397 e. The predicted molar refractivity (Wildman–Crippen MR) is 141 cm³/mol. The first-order chi connectivity index (χ1) is 15.4. The molecule has 2 aromatic heterocycles. The molecule has 0 bridgehead atoms. The fraction of sp³-hybridized carbons (Fsp3) is 0.167. The van der Waals surface area contributed by atoms with Crippen molar-refractivity contribution >= 4 is 82.3 Å². The number of aromatic nitrogens is 1. The van der Waals surface area contributed by atoms with E-state index in [1.807, 2.05) is 42.5 Å². The van der Waals surface area contributed by atoms with Gasteiger partial charge in [-0.2, -0.15) is 0 Å². The summed E-state index contributed by atoms with van der Waals surface area (Å²) in [5.41, 5.74) is 12.2. The number of nitrogens with two attached hydrogens (primary N) is 1. The van der Waals surface area contributed by atoms with Gasteiger partial charge in [-0.25, -0.2) is 4.98 Å². The Kier molecular flexibility index (Phi) is 6.01. The predicted octanol–water partition coefficient (Wildman–Crippen LogP) is 7.86. The van der Waals surface area contributed by atoms with Crippen molar-refractivity contribution in [2.75, 3.05) is 11.1 Å². The smallest absolute Gasteiger partial charge is 0.267 e. The number of carbonyl (C=O) groups is 1. The van der Waals surface area contributed by atoms with Gasteiger partial charge >= 0.3 is 0 Å². The van der Waals surface area contributed by atoms with Gasteiger partial charge in [0.25, 0.3) is 5.91 Å². The number of rotatable bonds is 3. The van der Waals surface area contributed by atoms with Crippen LogP contribution >= 0.6 is 54.8 Å². The van der Waals surface area contributed by atoms with Gasteiger partial charge in [0, 0.05) is 24.9 Å². The molecule has 3 N–H and O–H groups in total. The van der Waals surface area contributed by atoms with E-state index in [0.717, 1.165) is 56.1 Å². The largest absolute Gasteiger partial charge is 0.397 e. The number of nitrogens with zero attached hydrogens (tertiary/aromatic N) is 1. The number of benzene rings is 2. The normalized spacial score (nSPS) is 13.2. The highest BCUT2D eigenvalue weighted by molar-refractivity contribution is 9.11. The second-order valence-corrected chi connectivity index (χ2v) is 10.9. The SMILES string of the molecule is Nc1c(C(=O)Nc2ccc(Br)cc2Br)sc2nc(-c3ccc(Cl)cc3)c3c(c12)CCCC3.